The number of nitrogens with zero attached hydrogens (tertiary/aromatic N) is 4. The van der Waals surface area contributed by atoms with Crippen LogP contribution in [-0.4, -0.2) is 39.4 Å². The molecule has 1 unspecified atom stereocenters. The summed E-state index contributed by atoms with van der Waals surface area (Å²) in [5, 5.41) is 5.23. The zero-order chi connectivity index (χ0) is 20.4. The van der Waals surface area contributed by atoms with Crippen molar-refractivity contribution in [3.05, 3.63) is 81.4 Å². The average Bonchev–Trinajstić information content (AvgIpc) is 2.98. The lowest BCUT2D eigenvalue weighted by Crippen LogP contribution is -2.38. The molecule has 152 valence electrons. The number of halogens is 1. The van der Waals surface area contributed by atoms with Gasteiger partial charge in [0, 0.05) is 49.2 Å². The van der Waals surface area contributed by atoms with E-state index in [1.807, 2.05) is 36.9 Å². The van der Waals surface area contributed by atoms with Crippen LogP contribution in [-0.2, 0) is 24.8 Å². The van der Waals surface area contributed by atoms with Gasteiger partial charge in [-0.05, 0) is 55.7 Å². The van der Waals surface area contributed by atoms with E-state index in [2.05, 4.69) is 41.3 Å². The van der Waals surface area contributed by atoms with Gasteiger partial charge in [-0.3, -0.25) is 14.6 Å². The molecule has 3 aromatic rings. The van der Waals surface area contributed by atoms with Crippen molar-refractivity contribution >= 4 is 11.6 Å². The van der Waals surface area contributed by atoms with Gasteiger partial charge in [0.2, 0.25) is 0 Å². The van der Waals surface area contributed by atoms with Gasteiger partial charge in [0.1, 0.15) is 6.10 Å². The van der Waals surface area contributed by atoms with Crippen LogP contribution in [0, 0.1) is 13.8 Å². The van der Waals surface area contributed by atoms with E-state index in [0.29, 0.717) is 6.61 Å². The summed E-state index contributed by atoms with van der Waals surface area (Å²) in [4.78, 5) is 7.22. The smallest absolute Gasteiger partial charge is 0.112 e. The third-order valence-corrected chi connectivity index (χ3v) is 5.55. The molecule has 0 saturated carbocycles. The first kappa shape index (κ1) is 20.1. The lowest BCUT2D eigenvalue weighted by molar-refractivity contribution is -0.0351. The van der Waals surface area contributed by atoms with Crippen molar-refractivity contribution < 1.29 is 4.74 Å². The molecule has 1 aliphatic rings. The number of pyridine rings is 1. The fourth-order valence-corrected chi connectivity index (χ4v) is 4.20. The van der Waals surface area contributed by atoms with Crippen molar-refractivity contribution in [2.45, 2.75) is 32.9 Å². The number of benzene rings is 1. The molecule has 1 fully saturated rings. The second-order valence-electron chi connectivity index (χ2n) is 7.86. The highest BCUT2D eigenvalue weighted by molar-refractivity contribution is 6.30. The summed E-state index contributed by atoms with van der Waals surface area (Å²) >= 11 is 6.15. The van der Waals surface area contributed by atoms with E-state index in [1.165, 1.54) is 16.7 Å². The Morgan fingerprint density at radius 3 is 2.79 bits per heavy atom. The highest BCUT2D eigenvalue weighted by atomic mass is 35.5. The van der Waals surface area contributed by atoms with E-state index in [-0.39, 0.29) is 6.10 Å². The van der Waals surface area contributed by atoms with E-state index in [1.54, 1.807) is 0 Å². The molecule has 0 amide bonds. The number of morpholine rings is 1. The van der Waals surface area contributed by atoms with Crippen LogP contribution >= 0.6 is 11.6 Å². The molecule has 0 bridgehead atoms. The molecule has 0 N–H and O–H groups in total. The second-order valence-corrected chi connectivity index (χ2v) is 8.29. The van der Waals surface area contributed by atoms with Gasteiger partial charge in [0.05, 0.1) is 18.0 Å². The number of hydrogen-bond acceptors (Lipinski definition) is 4. The molecule has 1 saturated heterocycles. The number of hydrogen-bond donors (Lipinski definition) is 0. The van der Waals surface area contributed by atoms with Gasteiger partial charge in [0.25, 0.3) is 0 Å². The Labute approximate surface area is 177 Å². The molecule has 1 aliphatic heterocycles. The predicted molar refractivity (Wildman–Crippen MR) is 115 cm³/mol. The molecule has 1 atom stereocenters. The molecule has 0 aliphatic carbocycles. The van der Waals surface area contributed by atoms with Crippen molar-refractivity contribution in [3.63, 3.8) is 0 Å². The Morgan fingerprint density at radius 1 is 1.17 bits per heavy atom. The van der Waals surface area contributed by atoms with Crippen LogP contribution in [0.2, 0.25) is 5.02 Å². The fourth-order valence-electron chi connectivity index (χ4n) is 3.99. The van der Waals surface area contributed by atoms with Crippen LogP contribution in [0.5, 0.6) is 0 Å². The number of aromatic nitrogens is 3. The van der Waals surface area contributed by atoms with Crippen molar-refractivity contribution in [2.24, 2.45) is 7.05 Å². The highest BCUT2D eigenvalue weighted by Gasteiger charge is 2.24. The van der Waals surface area contributed by atoms with Gasteiger partial charge in [-0.15, -0.1) is 0 Å². The van der Waals surface area contributed by atoms with E-state index >= 15 is 0 Å². The lowest BCUT2D eigenvalue weighted by Gasteiger charge is -2.32. The van der Waals surface area contributed by atoms with Crippen molar-refractivity contribution in [2.75, 3.05) is 19.7 Å². The number of aryl methyl sites for hydroxylation is 3. The molecule has 0 spiro atoms. The highest BCUT2D eigenvalue weighted by Crippen LogP contribution is 2.25. The van der Waals surface area contributed by atoms with Gasteiger partial charge < -0.3 is 4.74 Å². The van der Waals surface area contributed by atoms with Crippen LogP contribution in [0.1, 0.15) is 39.9 Å². The lowest BCUT2D eigenvalue weighted by atomic mass is 10.0. The average molecular weight is 411 g/mol. The Balaban J connectivity index is 1.49. The van der Waals surface area contributed by atoms with E-state index in [0.717, 1.165) is 48.2 Å². The first-order chi connectivity index (χ1) is 14.0. The summed E-state index contributed by atoms with van der Waals surface area (Å²) in [6.07, 6.45) is 2.93. The molecular weight excluding hydrogens is 384 g/mol. The van der Waals surface area contributed by atoms with E-state index in [9.17, 15) is 0 Å². The monoisotopic (exact) mass is 410 g/mol. The molecule has 29 heavy (non-hydrogen) atoms. The quantitative estimate of drug-likeness (QED) is 0.630. The molecule has 1 aromatic carbocycles. The predicted octanol–water partition coefficient (Wildman–Crippen LogP) is 4.25. The summed E-state index contributed by atoms with van der Waals surface area (Å²) in [5.74, 6) is 0. The third-order valence-electron chi connectivity index (χ3n) is 5.32. The van der Waals surface area contributed by atoms with Crippen LogP contribution in [0.4, 0.5) is 0 Å². The van der Waals surface area contributed by atoms with Gasteiger partial charge in [0.15, 0.2) is 0 Å². The summed E-state index contributed by atoms with van der Waals surface area (Å²) in [7, 11) is 1.97. The van der Waals surface area contributed by atoms with Gasteiger partial charge >= 0.3 is 0 Å². The summed E-state index contributed by atoms with van der Waals surface area (Å²) in [6.45, 7) is 7.47. The maximum atomic E-state index is 6.15. The minimum atomic E-state index is -0.0151. The maximum Gasteiger partial charge on any atom is 0.112 e. The molecule has 5 nitrogen and oxygen atoms in total. The molecule has 3 heterocycles. The normalized spacial score (nSPS) is 17.6. The largest absolute Gasteiger partial charge is 0.369 e. The first-order valence-electron chi connectivity index (χ1n) is 10.0. The Morgan fingerprint density at radius 2 is 2.03 bits per heavy atom. The summed E-state index contributed by atoms with van der Waals surface area (Å²) in [5.41, 5.74) is 6.82. The Hall–Kier alpha value is -2.21. The zero-order valence-corrected chi connectivity index (χ0v) is 18.0. The van der Waals surface area contributed by atoms with Crippen molar-refractivity contribution in [1.29, 1.82) is 0 Å². The molecule has 2 aromatic heterocycles. The first-order valence-corrected chi connectivity index (χ1v) is 10.4. The summed E-state index contributed by atoms with van der Waals surface area (Å²) in [6, 6.07) is 12.3. The minimum absolute atomic E-state index is 0.0151. The molecule has 6 heteroatoms. The Bertz CT molecular complexity index is 1000. The molecule has 4 rings (SSSR count). The van der Waals surface area contributed by atoms with Gasteiger partial charge in [-0.1, -0.05) is 23.7 Å². The topological polar surface area (TPSA) is 43.2 Å². The Kier molecular flexibility index (Phi) is 5.99. The van der Waals surface area contributed by atoms with Crippen LogP contribution in [0.3, 0.4) is 0 Å². The standard InChI is InChI=1S/C23H27ClN4O/c1-16-9-19(10-18-5-4-6-21(24)11-18)12-22(25-16)23-15-28(7-8-29-23)14-20-13-27(3)26-17(20)2/h4-6,9,11-13,23H,7-8,10,14-15H2,1-3H3. The van der Waals surface area contributed by atoms with Crippen LogP contribution < -0.4 is 0 Å². The van der Waals surface area contributed by atoms with Gasteiger partial charge in [-0.25, -0.2) is 0 Å². The number of rotatable bonds is 5. The van der Waals surface area contributed by atoms with Gasteiger partial charge in [-0.2, -0.15) is 5.10 Å². The molecule has 0 radical (unpaired) electrons. The second kappa shape index (κ2) is 8.66. The van der Waals surface area contributed by atoms with Crippen LogP contribution in [0.25, 0.3) is 0 Å². The maximum absolute atomic E-state index is 6.15. The van der Waals surface area contributed by atoms with E-state index in [4.69, 9.17) is 21.3 Å². The molecular formula is C23H27ClN4O. The van der Waals surface area contributed by atoms with Crippen molar-refractivity contribution in [3.8, 4) is 0 Å². The fraction of sp³-hybridized carbons (Fsp3) is 0.391. The third kappa shape index (κ3) is 5.04. The van der Waals surface area contributed by atoms with E-state index < -0.39 is 0 Å². The number of ether oxygens (including phenoxy) is 1. The summed E-state index contributed by atoms with van der Waals surface area (Å²) < 4.78 is 7.98. The van der Waals surface area contributed by atoms with Crippen molar-refractivity contribution in [1.82, 2.24) is 19.7 Å². The SMILES string of the molecule is Cc1cc(Cc2cccc(Cl)c2)cc(C2CN(Cc3cn(C)nc3C)CCO2)n1. The minimum Gasteiger partial charge on any atom is -0.369 e. The van der Waals surface area contributed by atoms with Crippen LogP contribution in [0.15, 0.2) is 42.6 Å². The zero-order valence-electron chi connectivity index (χ0n) is 17.2.